The van der Waals surface area contributed by atoms with Gasteiger partial charge in [0.05, 0.1) is 17.3 Å². The molecule has 0 spiro atoms. The number of phenols is 1. The van der Waals surface area contributed by atoms with Crippen molar-refractivity contribution in [3.8, 4) is 22.6 Å². The maximum absolute atomic E-state index is 14.9. The van der Waals surface area contributed by atoms with E-state index in [9.17, 15) is 27.1 Å². The van der Waals surface area contributed by atoms with E-state index in [4.69, 9.17) is 16.3 Å². The Balaban J connectivity index is 1.72. The second-order valence-corrected chi connectivity index (χ2v) is 10.5. The number of anilines is 1. The molecule has 182 valence electrons. The molecule has 3 aromatic rings. The van der Waals surface area contributed by atoms with Gasteiger partial charge in [0.1, 0.15) is 28.4 Å². The highest BCUT2D eigenvalue weighted by molar-refractivity contribution is 7.92. The van der Waals surface area contributed by atoms with Gasteiger partial charge < -0.3 is 15.2 Å². The van der Waals surface area contributed by atoms with Gasteiger partial charge in [0.2, 0.25) is 0 Å². The fraction of sp³-hybridized carbons (Fsp3) is 0.208. The van der Waals surface area contributed by atoms with Crippen LogP contribution in [0.15, 0.2) is 53.4 Å². The summed E-state index contributed by atoms with van der Waals surface area (Å²) in [6.07, 6.45) is 1.33. The number of amides is 1. The summed E-state index contributed by atoms with van der Waals surface area (Å²) in [5, 5.41) is 12.6. The molecule has 35 heavy (non-hydrogen) atoms. The standard InChI is InChI=1S/C24H19ClF2N2O5S/c25-16-7-13-8-22(23(16)30)35(32,33)29-19-9-15(17(26)10-18(19)27)14-3-1-2-4-20(14)34-21(12-5-6-12)11-28-24(13)31/h1-4,7-10,12,21,29-30H,5-6,11H2,(H,28,31). The van der Waals surface area contributed by atoms with Crippen molar-refractivity contribution in [2.24, 2.45) is 5.92 Å². The number of rotatable bonds is 1. The van der Waals surface area contributed by atoms with Crippen molar-refractivity contribution in [2.75, 3.05) is 11.3 Å². The predicted molar refractivity (Wildman–Crippen MR) is 125 cm³/mol. The summed E-state index contributed by atoms with van der Waals surface area (Å²) >= 11 is 6.00. The summed E-state index contributed by atoms with van der Waals surface area (Å²) < 4.78 is 63.9. The Morgan fingerprint density at radius 1 is 1.03 bits per heavy atom. The topological polar surface area (TPSA) is 105 Å². The molecule has 1 heterocycles. The van der Waals surface area contributed by atoms with Gasteiger partial charge in [-0.3, -0.25) is 9.52 Å². The molecule has 1 aliphatic carbocycles. The van der Waals surface area contributed by atoms with Crippen molar-refractivity contribution >= 4 is 33.2 Å². The number of ether oxygens (including phenoxy) is 1. The molecule has 11 heteroatoms. The molecule has 1 amide bonds. The summed E-state index contributed by atoms with van der Waals surface area (Å²) in [7, 11) is -4.64. The Morgan fingerprint density at radius 3 is 2.51 bits per heavy atom. The van der Waals surface area contributed by atoms with Crippen LogP contribution in [0.25, 0.3) is 11.1 Å². The lowest BCUT2D eigenvalue weighted by atomic mass is 10.0. The van der Waals surface area contributed by atoms with Crippen LogP contribution in [0.5, 0.6) is 11.5 Å². The molecule has 0 aromatic heterocycles. The summed E-state index contributed by atoms with van der Waals surface area (Å²) in [5.74, 6) is -3.09. The molecule has 7 nitrogen and oxygen atoms in total. The molecule has 1 fully saturated rings. The number of sulfonamides is 1. The van der Waals surface area contributed by atoms with E-state index in [1.54, 1.807) is 24.3 Å². The van der Waals surface area contributed by atoms with Crippen molar-refractivity contribution < 1.29 is 31.8 Å². The third-order valence-corrected chi connectivity index (χ3v) is 7.62. The third kappa shape index (κ3) is 4.51. The van der Waals surface area contributed by atoms with Gasteiger partial charge in [-0.05, 0) is 43.0 Å². The molecular formula is C24H19ClF2N2O5S. The summed E-state index contributed by atoms with van der Waals surface area (Å²) in [6.45, 7) is 0.0911. The van der Waals surface area contributed by atoms with Gasteiger partial charge in [-0.25, -0.2) is 17.2 Å². The second-order valence-electron chi connectivity index (χ2n) is 8.42. The molecular weight excluding hydrogens is 502 g/mol. The number of nitrogens with one attached hydrogen (secondary N) is 2. The van der Waals surface area contributed by atoms with E-state index in [0.29, 0.717) is 11.8 Å². The summed E-state index contributed by atoms with van der Waals surface area (Å²) in [6, 6.07) is 10.2. The number of fused-ring (bicyclic) bond motifs is 6. The number of hydrogen-bond acceptors (Lipinski definition) is 5. The van der Waals surface area contributed by atoms with Gasteiger partial charge in [0.25, 0.3) is 15.9 Å². The monoisotopic (exact) mass is 520 g/mol. The average molecular weight is 521 g/mol. The van der Waals surface area contributed by atoms with Crippen molar-refractivity contribution in [1.82, 2.24) is 5.32 Å². The van der Waals surface area contributed by atoms with Crippen molar-refractivity contribution in [3.63, 3.8) is 0 Å². The highest BCUT2D eigenvalue weighted by Crippen LogP contribution is 2.40. The molecule has 2 aliphatic rings. The lowest BCUT2D eigenvalue weighted by Gasteiger charge is -2.22. The number of phenolic OH excluding ortho intramolecular Hbond substituents is 1. The maximum atomic E-state index is 14.9. The molecule has 1 saturated carbocycles. The normalized spacial score (nSPS) is 19.3. The molecule has 0 radical (unpaired) electrons. The number of aromatic hydroxyl groups is 1. The first-order chi connectivity index (χ1) is 16.6. The summed E-state index contributed by atoms with van der Waals surface area (Å²) in [4.78, 5) is 12.1. The third-order valence-electron chi connectivity index (χ3n) is 5.95. The summed E-state index contributed by atoms with van der Waals surface area (Å²) in [5.41, 5.74) is -0.499. The average Bonchev–Trinajstić information content (AvgIpc) is 3.65. The first kappa shape index (κ1) is 23.4. The fourth-order valence-corrected chi connectivity index (χ4v) is 5.44. The Labute approximate surface area is 204 Å². The first-order valence-electron chi connectivity index (χ1n) is 10.7. The van der Waals surface area contributed by atoms with Gasteiger partial charge >= 0.3 is 0 Å². The van der Waals surface area contributed by atoms with Crippen molar-refractivity contribution in [1.29, 1.82) is 0 Å². The minimum Gasteiger partial charge on any atom is -0.505 e. The zero-order valence-electron chi connectivity index (χ0n) is 18.0. The van der Waals surface area contributed by atoms with E-state index in [2.05, 4.69) is 5.32 Å². The highest BCUT2D eigenvalue weighted by Gasteiger charge is 2.34. The molecule has 1 unspecified atom stereocenters. The molecule has 4 bridgehead atoms. The smallest absolute Gasteiger partial charge is 0.265 e. The zero-order valence-corrected chi connectivity index (χ0v) is 19.6. The number of benzene rings is 3. The van der Waals surface area contributed by atoms with Crippen LogP contribution in [-0.4, -0.2) is 32.1 Å². The lowest BCUT2D eigenvalue weighted by Crippen LogP contribution is -2.36. The second kappa shape index (κ2) is 8.69. The number of halogens is 3. The first-order valence-corrected chi connectivity index (χ1v) is 12.6. The van der Waals surface area contributed by atoms with Gasteiger partial charge in [0.15, 0.2) is 5.75 Å². The Kier molecular flexibility index (Phi) is 5.80. The van der Waals surface area contributed by atoms with E-state index in [1.807, 2.05) is 4.72 Å². The molecule has 1 atom stereocenters. The predicted octanol–water partition coefficient (Wildman–Crippen LogP) is 4.69. The van der Waals surface area contributed by atoms with Crippen molar-refractivity contribution in [3.05, 3.63) is 70.8 Å². The Morgan fingerprint density at radius 2 is 1.77 bits per heavy atom. The van der Waals surface area contributed by atoms with Crippen LogP contribution in [0.4, 0.5) is 14.5 Å². The maximum Gasteiger partial charge on any atom is 0.265 e. The van der Waals surface area contributed by atoms with Crippen LogP contribution in [0.2, 0.25) is 5.02 Å². The van der Waals surface area contributed by atoms with Crippen LogP contribution in [0, 0.1) is 17.6 Å². The quantitative estimate of drug-likeness (QED) is 0.432. The van der Waals surface area contributed by atoms with Gasteiger partial charge in [-0.2, -0.15) is 0 Å². The van der Waals surface area contributed by atoms with E-state index in [-0.39, 0.29) is 34.2 Å². The van der Waals surface area contributed by atoms with Crippen LogP contribution in [0.3, 0.4) is 0 Å². The molecule has 5 rings (SSSR count). The Hall–Kier alpha value is -3.37. The molecule has 3 N–H and O–H groups in total. The minimum atomic E-state index is -4.64. The van der Waals surface area contributed by atoms with Crippen LogP contribution in [0.1, 0.15) is 23.2 Å². The van der Waals surface area contributed by atoms with Gasteiger partial charge in [0, 0.05) is 22.8 Å². The zero-order chi connectivity index (χ0) is 24.9. The number of carbonyl (C=O) groups is 1. The number of carbonyl (C=O) groups excluding carboxylic acids is 1. The van der Waals surface area contributed by atoms with Crippen molar-refractivity contribution in [2.45, 2.75) is 23.8 Å². The fourth-order valence-electron chi connectivity index (χ4n) is 3.97. The highest BCUT2D eigenvalue weighted by atomic mass is 35.5. The number of para-hydroxylation sites is 1. The van der Waals surface area contributed by atoms with E-state index >= 15 is 0 Å². The van der Waals surface area contributed by atoms with Crippen LogP contribution < -0.4 is 14.8 Å². The van der Waals surface area contributed by atoms with Crippen LogP contribution in [-0.2, 0) is 10.0 Å². The van der Waals surface area contributed by atoms with E-state index in [0.717, 1.165) is 31.0 Å². The SMILES string of the molecule is O=C1NCC(C2CC2)Oc2ccccc2-c2cc(c(F)cc2F)NS(=O)(=O)c2cc1cc(Cl)c2O. The molecule has 0 saturated heterocycles. The van der Waals surface area contributed by atoms with Gasteiger partial charge in [-0.15, -0.1) is 0 Å². The van der Waals surface area contributed by atoms with Crippen LogP contribution >= 0.6 is 11.6 Å². The lowest BCUT2D eigenvalue weighted by molar-refractivity contribution is 0.0919. The van der Waals surface area contributed by atoms with E-state index < -0.39 is 50.0 Å². The van der Waals surface area contributed by atoms with E-state index in [1.165, 1.54) is 0 Å². The number of hydrogen-bond donors (Lipinski definition) is 3. The minimum absolute atomic E-state index is 0.0911. The Bertz CT molecular complexity index is 1460. The molecule has 3 aromatic carbocycles. The largest absolute Gasteiger partial charge is 0.505 e. The van der Waals surface area contributed by atoms with Gasteiger partial charge in [-0.1, -0.05) is 29.8 Å². The molecule has 1 aliphatic heterocycles.